The average Bonchev–Trinajstić information content (AvgIpc) is 2.61. The van der Waals surface area contributed by atoms with Gasteiger partial charge in [0.05, 0.1) is 24.7 Å². The number of sulfonamides is 1. The lowest BCUT2D eigenvalue weighted by Crippen LogP contribution is -2.48. The molecule has 2 rings (SSSR count). The number of piperidine rings is 1. The highest BCUT2D eigenvalue weighted by Gasteiger charge is 2.23. The van der Waals surface area contributed by atoms with Crippen molar-refractivity contribution in [2.75, 3.05) is 32.8 Å². The quantitative estimate of drug-likeness (QED) is 0.651. The number of halogens is 1. The van der Waals surface area contributed by atoms with Gasteiger partial charge in [0.2, 0.25) is 15.9 Å². The molecule has 0 bridgehead atoms. The molecule has 0 spiro atoms. The summed E-state index contributed by atoms with van der Waals surface area (Å²) in [6, 6.07) is 4.33. The summed E-state index contributed by atoms with van der Waals surface area (Å²) in [6.07, 6.45) is 1.71. The predicted molar refractivity (Wildman–Crippen MR) is 105 cm³/mol. The molecule has 3 N–H and O–H groups in total. The number of ether oxygens (including phenoxy) is 2. The Balaban J connectivity index is 0.00000364. The van der Waals surface area contributed by atoms with Crippen LogP contribution < -0.4 is 19.9 Å². The molecule has 10 heteroatoms. The summed E-state index contributed by atoms with van der Waals surface area (Å²) in [5.41, 5.74) is 5.86. The third kappa shape index (κ3) is 6.53. The summed E-state index contributed by atoms with van der Waals surface area (Å²) in [5.74, 6) is 0.553. The Bertz CT molecular complexity index is 729. The second kappa shape index (κ2) is 10.7. The number of carbonyl (C=O) groups excluding carboxylic acids is 1. The minimum Gasteiger partial charge on any atom is -0.490 e. The van der Waals surface area contributed by atoms with Gasteiger partial charge in [0, 0.05) is 25.2 Å². The van der Waals surface area contributed by atoms with Gasteiger partial charge in [-0.15, -0.1) is 12.4 Å². The fraction of sp³-hybridized carbons (Fsp3) is 0.588. The molecule has 1 saturated heterocycles. The molecule has 0 saturated carbocycles. The van der Waals surface area contributed by atoms with Gasteiger partial charge in [0.25, 0.3) is 0 Å². The van der Waals surface area contributed by atoms with Gasteiger partial charge in [-0.2, -0.15) is 0 Å². The SMILES string of the molecule is CCOc1ccc(S(=O)(=O)NCC(=O)N2CCCC(N)C2)cc1OCC.Cl. The van der Waals surface area contributed by atoms with Gasteiger partial charge in [0.1, 0.15) is 0 Å². The van der Waals surface area contributed by atoms with Gasteiger partial charge in [-0.25, -0.2) is 13.1 Å². The average molecular weight is 422 g/mol. The van der Waals surface area contributed by atoms with Crippen molar-refractivity contribution < 1.29 is 22.7 Å². The number of hydrogen-bond donors (Lipinski definition) is 2. The van der Waals surface area contributed by atoms with E-state index in [0.29, 0.717) is 37.8 Å². The largest absolute Gasteiger partial charge is 0.490 e. The van der Waals surface area contributed by atoms with E-state index in [1.807, 2.05) is 6.92 Å². The summed E-state index contributed by atoms with van der Waals surface area (Å²) in [4.78, 5) is 13.8. The molecule has 154 valence electrons. The van der Waals surface area contributed by atoms with Gasteiger partial charge in [-0.1, -0.05) is 0 Å². The first-order valence-corrected chi connectivity index (χ1v) is 10.3. The van der Waals surface area contributed by atoms with Gasteiger partial charge in [-0.3, -0.25) is 4.79 Å². The lowest BCUT2D eigenvalue weighted by atomic mass is 10.1. The molecule has 0 radical (unpaired) electrons. The Hall–Kier alpha value is -1.55. The van der Waals surface area contributed by atoms with E-state index in [9.17, 15) is 13.2 Å². The highest BCUT2D eigenvalue weighted by molar-refractivity contribution is 7.89. The fourth-order valence-corrected chi connectivity index (χ4v) is 3.78. The summed E-state index contributed by atoms with van der Waals surface area (Å²) in [6.45, 7) is 5.22. The van der Waals surface area contributed by atoms with Crippen LogP contribution in [0.4, 0.5) is 0 Å². The molecule has 1 heterocycles. The number of nitrogens with zero attached hydrogens (tertiary/aromatic N) is 1. The molecule has 27 heavy (non-hydrogen) atoms. The zero-order valence-corrected chi connectivity index (χ0v) is 17.3. The van der Waals surface area contributed by atoms with Crippen LogP contribution in [-0.4, -0.2) is 58.1 Å². The minimum atomic E-state index is -3.84. The molecule has 1 unspecified atom stereocenters. The smallest absolute Gasteiger partial charge is 0.241 e. The molecule has 1 fully saturated rings. The zero-order chi connectivity index (χ0) is 19.2. The van der Waals surface area contributed by atoms with Crippen LogP contribution in [-0.2, 0) is 14.8 Å². The number of hydrogen-bond acceptors (Lipinski definition) is 6. The number of benzene rings is 1. The Morgan fingerprint density at radius 1 is 1.26 bits per heavy atom. The number of likely N-dealkylation sites (tertiary alicyclic amines) is 1. The summed E-state index contributed by atoms with van der Waals surface area (Å²) < 4.78 is 38.2. The molecule has 0 aliphatic carbocycles. The van der Waals surface area contributed by atoms with Crippen LogP contribution in [0.3, 0.4) is 0 Å². The first-order chi connectivity index (χ1) is 12.4. The topological polar surface area (TPSA) is 111 Å². The van der Waals surface area contributed by atoms with Crippen molar-refractivity contribution in [1.82, 2.24) is 9.62 Å². The maximum absolute atomic E-state index is 12.5. The van der Waals surface area contributed by atoms with Crippen molar-refractivity contribution in [2.45, 2.75) is 37.6 Å². The van der Waals surface area contributed by atoms with Gasteiger partial charge in [-0.05, 0) is 38.8 Å². The number of amides is 1. The highest BCUT2D eigenvalue weighted by Crippen LogP contribution is 2.30. The first kappa shape index (κ1) is 23.5. The van der Waals surface area contributed by atoms with E-state index in [1.54, 1.807) is 17.9 Å². The van der Waals surface area contributed by atoms with Gasteiger partial charge < -0.3 is 20.1 Å². The Labute approximate surface area is 166 Å². The Morgan fingerprint density at radius 2 is 1.93 bits per heavy atom. The molecule has 8 nitrogen and oxygen atoms in total. The molecule has 1 aromatic carbocycles. The first-order valence-electron chi connectivity index (χ1n) is 8.80. The van der Waals surface area contributed by atoms with Crippen LogP contribution in [0.1, 0.15) is 26.7 Å². The fourth-order valence-electron chi connectivity index (χ4n) is 2.79. The van der Waals surface area contributed by atoms with E-state index in [2.05, 4.69) is 4.72 Å². The van der Waals surface area contributed by atoms with Crippen LogP contribution in [0.5, 0.6) is 11.5 Å². The lowest BCUT2D eigenvalue weighted by Gasteiger charge is -2.30. The zero-order valence-electron chi connectivity index (χ0n) is 15.6. The molecule has 1 amide bonds. The Morgan fingerprint density at radius 3 is 2.56 bits per heavy atom. The number of rotatable bonds is 8. The highest BCUT2D eigenvalue weighted by atomic mass is 35.5. The van der Waals surface area contributed by atoms with E-state index in [1.165, 1.54) is 12.1 Å². The van der Waals surface area contributed by atoms with E-state index in [-0.39, 0.29) is 35.8 Å². The summed E-state index contributed by atoms with van der Waals surface area (Å²) in [5, 5.41) is 0. The molecule has 1 aromatic rings. The van der Waals surface area contributed by atoms with Crippen molar-refractivity contribution in [3.63, 3.8) is 0 Å². The maximum atomic E-state index is 12.5. The third-order valence-corrected chi connectivity index (χ3v) is 5.45. The van der Waals surface area contributed by atoms with E-state index in [0.717, 1.165) is 12.8 Å². The van der Waals surface area contributed by atoms with Crippen molar-refractivity contribution in [2.24, 2.45) is 5.73 Å². The monoisotopic (exact) mass is 421 g/mol. The molecular formula is C17H28ClN3O5S. The predicted octanol–water partition coefficient (Wildman–Crippen LogP) is 1.13. The van der Waals surface area contributed by atoms with Crippen molar-refractivity contribution in [1.29, 1.82) is 0 Å². The van der Waals surface area contributed by atoms with Crippen LogP contribution in [0.25, 0.3) is 0 Å². The molecular weight excluding hydrogens is 394 g/mol. The maximum Gasteiger partial charge on any atom is 0.241 e. The normalized spacial score (nSPS) is 17.1. The van der Waals surface area contributed by atoms with Gasteiger partial charge in [0.15, 0.2) is 11.5 Å². The van der Waals surface area contributed by atoms with Crippen LogP contribution in [0.2, 0.25) is 0 Å². The van der Waals surface area contributed by atoms with Crippen LogP contribution in [0.15, 0.2) is 23.1 Å². The van der Waals surface area contributed by atoms with Crippen LogP contribution >= 0.6 is 12.4 Å². The third-order valence-electron chi connectivity index (χ3n) is 4.05. The molecule has 0 aromatic heterocycles. The number of carbonyl (C=O) groups is 1. The van der Waals surface area contributed by atoms with E-state index < -0.39 is 10.0 Å². The molecule has 1 atom stereocenters. The second-order valence-corrected chi connectivity index (χ2v) is 7.81. The van der Waals surface area contributed by atoms with E-state index in [4.69, 9.17) is 15.2 Å². The Kier molecular flexibility index (Phi) is 9.31. The number of nitrogens with two attached hydrogens (primary N) is 1. The minimum absolute atomic E-state index is 0. The molecule has 1 aliphatic rings. The number of nitrogens with one attached hydrogen (secondary N) is 1. The van der Waals surface area contributed by atoms with Crippen molar-refractivity contribution in [3.05, 3.63) is 18.2 Å². The summed E-state index contributed by atoms with van der Waals surface area (Å²) >= 11 is 0. The van der Waals surface area contributed by atoms with Crippen molar-refractivity contribution in [3.8, 4) is 11.5 Å². The second-order valence-electron chi connectivity index (χ2n) is 6.04. The standard InChI is InChI=1S/C17H27N3O5S.ClH/c1-3-24-15-8-7-14(10-16(15)25-4-2)26(22,23)19-11-17(21)20-9-5-6-13(18)12-20;/h7-8,10,13,19H,3-6,9,11-12,18H2,1-2H3;1H. The van der Waals surface area contributed by atoms with Crippen LogP contribution in [0, 0.1) is 0 Å². The van der Waals surface area contributed by atoms with E-state index >= 15 is 0 Å². The molecule has 1 aliphatic heterocycles. The summed E-state index contributed by atoms with van der Waals surface area (Å²) in [7, 11) is -3.84. The lowest BCUT2D eigenvalue weighted by molar-refractivity contribution is -0.131. The van der Waals surface area contributed by atoms with Gasteiger partial charge >= 0.3 is 0 Å². The van der Waals surface area contributed by atoms with Crippen molar-refractivity contribution >= 4 is 28.3 Å².